The lowest BCUT2D eigenvalue weighted by molar-refractivity contribution is -0.150. The first-order valence-corrected chi connectivity index (χ1v) is 6.51. The molecule has 2 aliphatic rings. The maximum atomic E-state index is 11.8. The second-order valence-corrected chi connectivity index (χ2v) is 6.15. The zero-order chi connectivity index (χ0) is 13.8. The summed E-state index contributed by atoms with van der Waals surface area (Å²) in [5.74, 6) is -0.959. The average Bonchev–Trinajstić information content (AvgIpc) is 2.63. The molecule has 3 nitrogen and oxygen atoms in total. The van der Waals surface area contributed by atoms with Crippen molar-refractivity contribution in [3.8, 4) is 0 Å². The summed E-state index contributed by atoms with van der Waals surface area (Å²) in [5.41, 5.74) is 4.20. The Bertz CT molecular complexity index is 630. The average molecular weight is 256 g/mol. The van der Waals surface area contributed by atoms with Crippen molar-refractivity contribution in [2.75, 3.05) is 0 Å². The van der Waals surface area contributed by atoms with Gasteiger partial charge in [0.15, 0.2) is 0 Å². The van der Waals surface area contributed by atoms with Crippen molar-refractivity contribution >= 4 is 17.5 Å². The van der Waals surface area contributed by atoms with Crippen LogP contribution in [0.15, 0.2) is 23.8 Å². The second-order valence-electron chi connectivity index (χ2n) is 6.15. The third-order valence-electron chi connectivity index (χ3n) is 3.83. The number of hydrogen-bond donors (Lipinski definition) is 0. The van der Waals surface area contributed by atoms with Gasteiger partial charge in [-0.3, -0.25) is 0 Å². The summed E-state index contributed by atoms with van der Waals surface area (Å²) < 4.78 is 4.74. The highest BCUT2D eigenvalue weighted by Gasteiger charge is 2.37. The SMILES string of the molecule is CC(C)(C)c1ccc2c(c1)C1=C(CC2)C(=O)OC1=O. The first kappa shape index (κ1) is 12.2. The molecule has 0 amide bonds. The number of cyclic esters (lactones) is 2. The number of carbonyl (C=O) groups excluding carboxylic acids is 2. The van der Waals surface area contributed by atoms with Crippen LogP contribution in [0.5, 0.6) is 0 Å². The Morgan fingerprint density at radius 2 is 1.79 bits per heavy atom. The van der Waals surface area contributed by atoms with E-state index in [1.54, 1.807) is 0 Å². The fraction of sp³-hybridized carbons (Fsp3) is 0.375. The molecule has 3 rings (SSSR count). The Hall–Kier alpha value is -1.90. The van der Waals surface area contributed by atoms with Crippen LogP contribution in [-0.4, -0.2) is 11.9 Å². The number of ether oxygens (including phenoxy) is 1. The minimum Gasteiger partial charge on any atom is -0.386 e. The highest BCUT2D eigenvalue weighted by molar-refractivity contribution is 6.31. The van der Waals surface area contributed by atoms with Crippen molar-refractivity contribution in [3.05, 3.63) is 40.5 Å². The number of hydrogen-bond acceptors (Lipinski definition) is 3. The number of benzene rings is 1. The molecule has 0 saturated heterocycles. The molecule has 0 saturated carbocycles. The van der Waals surface area contributed by atoms with Crippen LogP contribution in [0.2, 0.25) is 0 Å². The van der Waals surface area contributed by atoms with Crippen LogP contribution >= 0.6 is 0 Å². The summed E-state index contributed by atoms with van der Waals surface area (Å²) in [7, 11) is 0. The maximum Gasteiger partial charge on any atom is 0.347 e. The van der Waals surface area contributed by atoms with Gasteiger partial charge in [-0.1, -0.05) is 39.0 Å². The molecule has 1 aromatic rings. The number of fused-ring (bicyclic) bond motifs is 2. The highest BCUT2D eigenvalue weighted by Crippen LogP contribution is 2.38. The van der Waals surface area contributed by atoms with Crippen LogP contribution in [0, 0.1) is 0 Å². The van der Waals surface area contributed by atoms with Gasteiger partial charge >= 0.3 is 11.9 Å². The normalized spacial score (nSPS) is 18.3. The summed E-state index contributed by atoms with van der Waals surface area (Å²) in [4.78, 5) is 23.5. The second kappa shape index (κ2) is 3.80. The molecule has 1 aliphatic carbocycles. The Morgan fingerprint density at radius 1 is 1.05 bits per heavy atom. The number of carbonyl (C=O) groups is 2. The molecule has 98 valence electrons. The third kappa shape index (κ3) is 1.81. The van der Waals surface area contributed by atoms with E-state index in [4.69, 9.17) is 4.74 Å². The van der Waals surface area contributed by atoms with Crippen molar-refractivity contribution in [2.45, 2.75) is 39.0 Å². The van der Waals surface area contributed by atoms with E-state index in [0.29, 0.717) is 17.6 Å². The molecular weight excluding hydrogens is 240 g/mol. The highest BCUT2D eigenvalue weighted by atomic mass is 16.6. The molecule has 0 bridgehead atoms. The van der Waals surface area contributed by atoms with E-state index < -0.39 is 11.9 Å². The molecule has 0 aromatic heterocycles. The molecule has 0 fully saturated rings. The molecule has 0 spiro atoms. The molecule has 0 unspecified atom stereocenters. The van der Waals surface area contributed by atoms with Gasteiger partial charge < -0.3 is 4.74 Å². The topological polar surface area (TPSA) is 43.4 Å². The van der Waals surface area contributed by atoms with Crippen molar-refractivity contribution in [1.29, 1.82) is 0 Å². The summed E-state index contributed by atoms with van der Waals surface area (Å²) in [6, 6.07) is 6.20. The summed E-state index contributed by atoms with van der Waals surface area (Å²) in [5, 5.41) is 0. The first-order chi connectivity index (χ1) is 8.88. The Kier molecular flexibility index (Phi) is 2.43. The molecule has 0 radical (unpaired) electrons. The Labute approximate surface area is 112 Å². The lowest BCUT2D eigenvalue weighted by Gasteiger charge is -2.23. The first-order valence-electron chi connectivity index (χ1n) is 6.51. The van der Waals surface area contributed by atoms with Gasteiger partial charge in [-0.25, -0.2) is 9.59 Å². The predicted molar refractivity (Wildman–Crippen MR) is 71.5 cm³/mol. The van der Waals surface area contributed by atoms with E-state index in [1.165, 1.54) is 0 Å². The van der Waals surface area contributed by atoms with Gasteiger partial charge in [-0.05, 0) is 34.9 Å². The monoisotopic (exact) mass is 256 g/mol. The van der Waals surface area contributed by atoms with Crippen molar-refractivity contribution in [1.82, 2.24) is 0 Å². The fourth-order valence-corrected chi connectivity index (χ4v) is 2.68. The summed E-state index contributed by atoms with van der Waals surface area (Å²) >= 11 is 0. The van der Waals surface area contributed by atoms with Gasteiger partial charge in [-0.2, -0.15) is 0 Å². The van der Waals surface area contributed by atoms with Crippen molar-refractivity contribution in [2.24, 2.45) is 0 Å². The van der Waals surface area contributed by atoms with Crippen LogP contribution in [0.1, 0.15) is 43.9 Å². The lowest BCUT2D eigenvalue weighted by Crippen LogP contribution is -2.14. The van der Waals surface area contributed by atoms with Gasteiger partial charge in [0, 0.05) is 0 Å². The van der Waals surface area contributed by atoms with Crippen molar-refractivity contribution in [3.63, 3.8) is 0 Å². The molecule has 19 heavy (non-hydrogen) atoms. The van der Waals surface area contributed by atoms with Gasteiger partial charge in [0.25, 0.3) is 0 Å². The van der Waals surface area contributed by atoms with Crippen LogP contribution in [-0.2, 0) is 26.2 Å². The van der Waals surface area contributed by atoms with E-state index in [9.17, 15) is 9.59 Å². The van der Waals surface area contributed by atoms with E-state index in [0.717, 1.165) is 23.1 Å². The van der Waals surface area contributed by atoms with Crippen LogP contribution < -0.4 is 0 Å². The number of rotatable bonds is 0. The molecule has 1 heterocycles. The smallest absolute Gasteiger partial charge is 0.347 e. The zero-order valence-electron chi connectivity index (χ0n) is 11.4. The van der Waals surface area contributed by atoms with E-state index in [-0.39, 0.29) is 5.41 Å². The maximum absolute atomic E-state index is 11.8. The zero-order valence-corrected chi connectivity index (χ0v) is 11.4. The summed E-state index contributed by atoms with van der Waals surface area (Å²) in [6.07, 6.45) is 1.39. The molecule has 1 aromatic carbocycles. The Balaban J connectivity index is 2.20. The Morgan fingerprint density at radius 3 is 2.47 bits per heavy atom. The number of esters is 2. The molecule has 1 aliphatic heterocycles. The number of aryl methyl sites for hydroxylation is 1. The van der Waals surface area contributed by atoms with Crippen molar-refractivity contribution < 1.29 is 14.3 Å². The van der Waals surface area contributed by atoms with E-state index in [2.05, 4.69) is 32.9 Å². The summed E-state index contributed by atoms with van der Waals surface area (Å²) in [6.45, 7) is 6.39. The van der Waals surface area contributed by atoms with Crippen LogP contribution in [0.4, 0.5) is 0 Å². The standard InChI is InChI=1S/C16H16O3/c1-16(2,3)10-6-4-9-5-7-11-13(12(9)8-10)15(18)19-14(11)17/h4,6,8H,5,7H2,1-3H3. The van der Waals surface area contributed by atoms with E-state index >= 15 is 0 Å². The fourth-order valence-electron chi connectivity index (χ4n) is 2.68. The minimum atomic E-state index is -0.494. The largest absolute Gasteiger partial charge is 0.386 e. The van der Waals surface area contributed by atoms with E-state index in [1.807, 2.05) is 6.07 Å². The molecular formula is C16H16O3. The predicted octanol–water partition coefficient (Wildman–Crippen LogP) is 2.77. The molecule has 3 heteroatoms. The van der Waals surface area contributed by atoms with Gasteiger partial charge in [-0.15, -0.1) is 0 Å². The third-order valence-corrected chi connectivity index (χ3v) is 3.83. The minimum absolute atomic E-state index is 0.0136. The molecule has 0 atom stereocenters. The van der Waals surface area contributed by atoms with Gasteiger partial charge in [0.2, 0.25) is 0 Å². The quantitative estimate of drug-likeness (QED) is 0.529. The molecule has 0 N–H and O–H groups in total. The van der Waals surface area contributed by atoms with Gasteiger partial charge in [0.05, 0.1) is 11.1 Å². The van der Waals surface area contributed by atoms with Gasteiger partial charge in [0.1, 0.15) is 0 Å². The lowest BCUT2D eigenvalue weighted by atomic mass is 9.80. The van der Waals surface area contributed by atoms with Crippen LogP contribution in [0.3, 0.4) is 0 Å². The van der Waals surface area contributed by atoms with Crippen LogP contribution in [0.25, 0.3) is 5.57 Å².